The van der Waals surface area contributed by atoms with Gasteiger partial charge >= 0.3 is 0 Å². The zero-order chi connectivity index (χ0) is 22.7. The maximum atomic E-state index is 13.2. The molecule has 0 aliphatic carbocycles. The van der Waals surface area contributed by atoms with E-state index in [1.807, 2.05) is 37.3 Å². The van der Waals surface area contributed by atoms with Crippen LogP contribution >= 0.6 is 11.6 Å². The standard InChI is InChI=1S/C24H21ClN2O4/c1-14-8-10-17(11-9-14)13-27-23(29)18(12-26)15(2)21(24(27)30)22(28)16(3)31-20-7-5-4-6-19(20)25/h4-11,16,30H,13H2,1-3H3. The molecule has 0 aliphatic rings. The lowest BCUT2D eigenvalue weighted by Crippen LogP contribution is -2.31. The van der Waals surface area contributed by atoms with Gasteiger partial charge in [-0.25, -0.2) is 0 Å². The molecule has 1 heterocycles. The average molecular weight is 437 g/mol. The molecule has 0 radical (unpaired) electrons. The van der Waals surface area contributed by atoms with Crippen molar-refractivity contribution in [3.05, 3.63) is 91.7 Å². The molecule has 158 valence electrons. The maximum Gasteiger partial charge on any atom is 0.271 e. The van der Waals surface area contributed by atoms with Gasteiger partial charge in [0.05, 0.1) is 17.1 Å². The summed E-state index contributed by atoms with van der Waals surface area (Å²) >= 11 is 6.10. The van der Waals surface area contributed by atoms with Crippen molar-refractivity contribution in [1.82, 2.24) is 4.57 Å². The van der Waals surface area contributed by atoms with Crippen molar-refractivity contribution >= 4 is 17.4 Å². The Kier molecular flexibility index (Phi) is 6.47. The van der Waals surface area contributed by atoms with E-state index in [9.17, 15) is 20.0 Å². The third kappa shape index (κ3) is 4.47. The zero-order valence-corrected chi connectivity index (χ0v) is 18.1. The number of pyridine rings is 1. The third-order valence-electron chi connectivity index (χ3n) is 5.02. The van der Waals surface area contributed by atoms with Crippen LogP contribution in [0.3, 0.4) is 0 Å². The third-order valence-corrected chi connectivity index (χ3v) is 5.33. The summed E-state index contributed by atoms with van der Waals surface area (Å²) in [6.07, 6.45) is -1.01. The van der Waals surface area contributed by atoms with Crippen LogP contribution < -0.4 is 10.3 Å². The number of carbonyl (C=O) groups is 1. The fourth-order valence-electron chi connectivity index (χ4n) is 3.26. The van der Waals surface area contributed by atoms with Gasteiger partial charge in [0.15, 0.2) is 6.10 Å². The number of carbonyl (C=O) groups excluding carboxylic acids is 1. The van der Waals surface area contributed by atoms with Gasteiger partial charge in [0.2, 0.25) is 11.7 Å². The van der Waals surface area contributed by atoms with Gasteiger partial charge in [0.1, 0.15) is 17.4 Å². The number of nitrogens with zero attached hydrogens (tertiary/aromatic N) is 2. The Hall–Kier alpha value is -3.56. The highest BCUT2D eigenvalue weighted by Gasteiger charge is 2.28. The first kappa shape index (κ1) is 22.1. The molecule has 1 unspecified atom stereocenters. The first-order valence-corrected chi connectivity index (χ1v) is 9.99. The number of ketones is 1. The van der Waals surface area contributed by atoms with Crippen LogP contribution in [0.4, 0.5) is 0 Å². The van der Waals surface area contributed by atoms with E-state index in [0.29, 0.717) is 10.8 Å². The largest absolute Gasteiger partial charge is 0.494 e. The normalized spacial score (nSPS) is 11.6. The Balaban J connectivity index is 2.06. The van der Waals surface area contributed by atoms with E-state index >= 15 is 0 Å². The van der Waals surface area contributed by atoms with Crippen LogP contribution in [0.15, 0.2) is 53.3 Å². The summed E-state index contributed by atoms with van der Waals surface area (Å²) < 4.78 is 6.72. The number of rotatable bonds is 6. The summed E-state index contributed by atoms with van der Waals surface area (Å²) in [5, 5.41) is 20.7. The maximum absolute atomic E-state index is 13.2. The van der Waals surface area contributed by atoms with Crippen molar-refractivity contribution in [2.24, 2.45) is 0 Å². The predicted molar refractivity (Wildman–Crippen MR) is 118 cm³/mol. The fourth-order valence-corrected chi connectivity index (χ4v) is 3.44. The molecule has 0 saturated carbocycles. The molecular weight excluding hydrogens is 416 g/mol. The number of aryl methyl sites for hydroxylation is 1. The highest BCUT2D eigenvalue weighted by atomic mass is 35.5. The van der Waals surface area contributed by atoms with Crippen LogP contribution in [0.5, 0.6) is 11.6 Å². The molecule has 2 aromatic carbocycles. The molecule has 1 aromatic heterocycles. The lowest BCUT2D eigenvalue weighted by atomic mass is 9.99. The smallest absolute Gasteiger partial charge is 0.271 e. The van der Waals surface area contributed by atoms with Gasteiger partial charge in [-0.15, -0.1) is 0 Å². The number of para-hydroxylation sites is 1. The zero-order valence-electron chi connectivity index (χ0n) is 17.3. The molecule has 0 amide bonds. The summed E-state index contributed by atoms with van der Waals surface area (Å²) in [4.78, 5) is 26.0. The van der Waals surface area contributed by atoms with Gasteiger partial charge in [-0.05, 0) is 44.0 Å². The number of benzene rings is 2. The monoisotopic (exact) mass is 436 g/mol. The van der Waals surface area contributed by atoms with E-state index < -0.39 is 23.3 Å². The molecule has 3 rings (SSSR count). The first-order chi connectivity index (χ1) is 14.7. The van der Waals surface area contributed by atoms with Crippen molar-refractivity contribution in [2.45, 2.75) is 33.4 Å². The van der Waals surface area contributed by atoms with Gasteiger partial charge in [-0.2, -0.15) is 5.26 Å². The van der Waals surface area contributed by atoms with Crippen LogP contribution in [0.25, 0.3) is 0 Å². The molecule has 1 atom stereocenters. The summed E-state index contributed by atoms with van der Waals surface area (Å²) in [6.45, 7) is 4.93. The number of aromatic hydroxyl groups is 1. The Morgan fingerprint density at radius 3 is 2.45 bits per heavy atom. The SMILES string of the molecule is Cc1ccc(Cn2c(O)c(C(=O)C(C)Oc3ccccc3Cl)c(C)c(C#N)c2=O)cc1. The van der Waals surface area contributed by atoms with Crippen LogP contribution in [-0.2, 0) is 6.54 Å². The van der Waals surface area contributed by atoms with E-state index in [0.717, 1.165) is 15.7 Å². The molecule has 0 spiro atoms. The Bertz CT molecular complexity index is 1240. The van der Waals surface area contributed by atoms with E-state index in [-0.39, 0.29) is 23.2 Å². The Labute approximate surface area is 184 Å². The molecule has 0 bridgehead atoms. The van der Waals surface area contributed by atoms with E-state index in [4.69, 9.17) is 16.3 Å². The molecule has 31 heavy (non-hydrogen) atoms. The van der Waals surface area contributed by atoms with E-state index in [1.165, 1.54) is 13.8 Å². The Morgan fingerprint density at radius 1 is 1.19 bits per heavy atom. The summed E-state index contributed by atoms with van der Waals surface area (Å²) in [7, 11) is 0. The molecule has 6 nitrogen and oxygen atoms in total. The molecule has 0 fully saturated rings. The van der Waals surface area contributed by atoms with Crippen molar-refractivity contribution in [3.63, 3.8) is 0 Å². The molecule has 0 aliphatic heterocycles. The molecule has 3 aromatic rings. The molecular formula is C24H21ClN2O4. The van der Waals surface area contributed by atoms with Gasteiger partial charge in [-0.3, -0.25) is 14.2 Å². The highest BCUT2D eigenvalue weighted by molar-refractivity contribution is 6.32. The second-order valence-corrected chi connectivity index (χ2v) is 7.65. The van der Waals surface area contributed by atoms with Crippen LogP contribution in [-0.4, -0.2) is 21.6 Å². The van der Waals surface area contributed by atoms with Gasteiger partial charge in [0, 0.05) is 0 Å². The Morgan fingerprint density at radius 2 is 1.84 bits per heavy atom. The van der Waals surface area contributed by atoms with Crippen LogP contribution in [0, 0.1) is 25.2 Å². The number of aromatic nitrogens is 1. The molecule has 0 saturated heterocycles. The van der Waals surface area contributed by atoms with E-state index in [2.05, 4.69) is 0 Å². The van der Waals surface area contributed by atoms with Crippen molar-refractivity contribution in [1.29, 1.82) is 5.26 Å². The lowest BCUT2D eigenvalue weighted by molar-refractivity contribution is 0.0813. The summed E-state index contributed by atoms with van der Waals surface area (Å²) in [6, 6.07) is 16.0. The van der Waals surface area contributed by atoms with E-state index in [1.54, 1.807) is 24.3 Å². The minimum absolute atomic E-state index is 0.0138. The second kappa shape index (κ2) is 9.07. The van der Waals surface area contributed by atoms with Gasteiger partial charge in [0.25, 0.3) is 5.56 Å². The minimum atomic E-state index is -1.01. The van der Waals surface area contributed by atoms with Crippen molar-refractivity contribution in [3.8, 4) is 17.7 Å². The first-order valence-electron chi connectivity index (χ1n) is 9.62. The van der Waals surface area contributed by atoms with Crippen molar-refractivity contribution < 1.29 is 14.6 Å². The minimum Gasteiger partial charge on any atom is -0.494 e. The van der Waals surface area contributed by atoms with Crippen LogP contribution in [0.2, 0.25) is 5.02 Å². The molecule has 7 heteroatoms. The number of Topliss-reactive ketones (excluding diaryl/α,β-unsaturated/α-hetero) is 1. The van der Waals surface area contributed by atoms with Gasteiger partial charge < -0.3 is 9.84 Å². The quantitative estimate of drug-likeness (QED) is 0.578. The average Bonchev–Trinajstić information content (AvgIpc) is 2.74. The number of nitriles is 1. The van der Waals surface area contributed by atoms with Gasteiger partial charge in [-0.1, -0.05) is 53.6 Å². The number of hydrogen-bond acceptors (Lipinski definition) is 5. The predicted octanol–water partition coefficient (Wildman–Crippen LogP) is 4.39. The fraction of sp³-hybridized carbons (Fsp3) is 0.208. The lowest BCUT2D eigenvalue weighted by Gasteiger charge is -2.19. The van der Waals surface area contributed by atoms with Crippen molar-refractivity contribution in [2.75, 3.05) is 0 Å². The number of halogens is 1. The summed E-state index contributed by atoms with van der Waals surface area (Å²) in [5.41, 5.74) is 0.929. The molecule has 1 N–H and O–H groups in total. The van der Waals surface area contributed by atoms with Crippen LogP contribution in [0.1, 0.15) is 39.5 Å². The number of hydrogen-bond donors (Lipinski definition) is 1. The summed E-state index contributed by atoms with van der Waals surface area (Å²) in [5.74, 6) is -0.749. The number of ether oxygens (including phenoxy) is 1. The highest BCUT2D eigenvalue weighted by Crippen LogP contribution is 2.28. The topological polar surface area (TPSA) is 92.3 Å². The second-order valence-electron chi connectivity index (χ2n) is 7.24.